The van der Waals surface area contributed by atoms with Gasteiger partial charge in [-0.2, -0.15) is 0 Å². The molecule has 0 bridgehead atoms. The van der Waals surface area contributed by atoms with Crippen LogP contribution in [0.5, 0.6) is 0 Å². The number of carboxylic acids is 2. The number of carbonyl (C=O) groups is 2. The first kappa shape index (κ1) is 25.7. The molecule has 2 aromatic carbocycles. The third-order valence-corrected chi connectivity index (χ3v) is 3.43. The normalized spacial score (nSPS) is 15.3. The number of carboxylic acid groups (broad SMARTS) is 2. The van der Waals surface area contributed by atoms with E-state index in [-0.39, 0.29) is 64.7 Å². The van der Waals surface area contributed by atoms with E-state index in [2.05, 4.69) is 5.11 Å². The van der Waals surface area contributed by atoms with Crippen molar-refractivity contribution in [3.05, 3.63) is 77.0 Å². The summed E-state index contributed by atoms with van der Waals surface area (Å²) in [4.78, 5) is 21.8. The molecule has 0 saturated heterocycles. The summed E-state index contributed by atoms with van der Waals surface area (Å²) in [6.45, 7) is 0. The molecule has 0 heterocycles. The number of azo groups is 1. The van der Waals surface area contributed by atoms with Gasteiger partial charge < -0.3 is 35.2 Å². The zero-order valence-corrected chi connectivity index (χ0v) is 18.6. The molecular formula is C16H12N2Na2O7. The zero-order valence-electron chi connectivity index (χ0n) is 14.6. The number of benzene rings is 2. The summed E-state index contributed by atoms with van der Waals surface area (Å²) in [6, 6.07) is 12.8. The van der Waals surface area contributed by atoms with Gasteiger partial charge in [0.1, 0.15) is 5.97 Å². The van der Waals surface area contributed by atoms with Crippen molar-refractivity contribution in [3.8, 4) is 0 Å². The summed E-state index contributed by atoms with van der Waals surface area (Å²) in [5, 5.41) is 58.3. The average Bonchev–Trinajstić information content (AvgIpc) is 2.61. The van der Waals surface area contributed by atoms with Crippen molar-refractivity contribution in [2.45, 2.75) is 11.4 Å². The molecule has 0 fully saturated rings. The topological polar surface area (TPSA) is 159 Å². The van der Waals surface area contributed by atoms with Crippen LogP contribution in [0.3, 0.4) is 0 Å². The Kier molecular flexibility index (Phi) is 9.80. The fourth-order valence-electron chi connectivity index (χ4n) is 2.07. The second-order valence-corrected chi connectivity index (χ2v) is 5.02. The molecule has 130 valence electrons. The molecule has 2 aromatic rings. The van der Waals surface area contributed by atoms with Crippen LogP contribution in [0.4, 0.5) is 0 Å². The molecule has 0 amide bonds. The van der Waals surface area contributed by atoms with E-state index in [1.54, 1.807) is 0 Å². The van der Waals surface area contributed by atoms with Crippen LogP contribution >= 0.6 is 0 Å². The van der Waals surface area contributed by atoms with Gasteiger partial charge in [-0.1, -0.05) is 48.5 Å². The molecule has 2 atom stereocenters. The number of aliphatic hydroxyl groups is 2. The van der Waals surface area contributed by atoms with Gasteiger partial charge >= 0.3 is 64.8 Å². The summed E-state index contributed by atoms with van der Waals surface area (Å²) in [5.41, 5.74) is -7.40. The van der Waals surface area contributed by atoms with Crippen LogP contribution in [-0.4, -0.2) is 27.0 Å². The number of aliphatic carboxylic acids is 2. The summed E-state index contributed by atoms with van der Waals surface area (Å²) >= 11 is 0. The number of hydroxylamine groups is 1. The van der Waals surface area contributed by atoms with Gasteiger partial charge in [-0.25, -0.2) is 0 Å². The van der Waals surface area contributed by atoms with Gasteiger partial charge in [-0.15, -0.1) is 0 Å². The van der Waals surface area contributed by atoms with Gasteiger partial charge in [-0.3, -0.25) is 0 Å². The van der Waals surface area contributed by atoms with Gasteiger partial charge in [0.15, 0.2) is 5.97 Å². The summed E-state index contributed by atoms with van der Waals surface area (Å²) in [6.07, 6.45) is 0. The van der Waals surface area contributed by atoms with Crippen molar-refractivity contribution in [2.75, 3.05) is 0 Å². The summed E-state index contributed by atoms with van der Waals surface area (Å²) in [5.74, 6) is -4.44. The minimum Gasteiger partial charge on any atom is -0.597 e. The van der Waals surface area contributed by atoms with Crippen LogP contribution in [0, 0.1) is 5.21 Å². The Labute approximate surface area is 198 Å². The van der Waals surface area contributed by atoms with E-state index in [0.29, 0.717) is 0 Å². The van der Waals surface area contributed by atoms with E-state index in [1.807, 2.05) is 0 Å². The van der Waals surface area contributed by atoms with Gasteiger partial charge in [0.2, 0.25) is 0 Å². The van der Waals surface area contributed by atoms with E-state index in [4.69, 9.17) is 0 Å². The summed E-state index contributed by atoms with van der Waals surface area (Å²) in [7, 11) is 0. The van der Waals surface area contributed by atoms with Gasteiger partial charge in [0, 0.05) is 10.7 Å². The standard InChI is InChI=1S/C16H14N2O7.2Na/c19-13(20)15(23,11-7-3-1-4-8-11)17-18(25)16(24,14(21)22)12-9-5-2-6-10-12;;/h1-10,23-24H,(H,19,20)(H,21,22);;/q;2*+1/p-2. The maximum absolute atomic E-state index is 12.2. The Bertz CT molecular complexity index is 820. The molecule has 2 rings (SSSR count). The molecule has 9 nitrogen and oxygen atoms in total. The SMILES string of the molecule is O=C([O-])C(O)(N=[N+]([O-])C(O)(C(=O)[O-])c1ccccc1)c1ccccc1.[Na+].[Na+]. The predicted molar refractivity (Wildman–Crippen MR) is 76.7 cm³/mol. The van der Waals surface area contributed by atoms with E-state index in [9.17, 15) is 35.2 Å². The van der Waals surface area contributed by atoms with Gasteiger partial charge in [0.25, 0.3) is 5.72 Å². The maximum Gasteiger partial charge on any atom is 1.00 e. The maximum atomic E-state index is 12.2. The molecule has 2 N–H and O–H groups in total. The van der Waals surface area contributed by atoms with Crippen molar-refractivity contribution in [1.82, 2.24) is 0 Å². The molecule has 0 saturated carbocycles. The molecular weight excluding hydrogens is 378 g/mol. The van der Waals surface area contributed by atoms with Crippen molar-refractivity contribution in [1.29, 1.82) is 0 Å². The van der Waals surface area contributed by atoms with Crippen molar-refractivity contribution < 1.29 is 94.0 Å². The largest absolute Gasteiger partial charge is 1.00 e. The van der Waals surface area contributed by atoms with Crippen molar-refractivity contribution in [3.63, 3.8) is 0 Å². The Morgan fingerprint density at radius 3 is 1.59 bits per heavy atom. The van der Waals surface area contributed by atoms with Gasteiger partial charge in [-0.05, 0) is 17.0 Å². The summed E-state index contributed by atoms with van der Waals surface area (Å²) < 4.78 is 0. The van der Waals surface area contributed by atoms with Crippen LogP contribution in [0.2, 0.25) is 0 Å². The molecule has 0 spiro atoms. The average molecular weight is 390 g/mol. The Morgan fingerprint density at radius 1 is 0.815 bits per heavy atom. The molecule has 2 unspecified atom stereocenters. The van der Waals surface area contributed by atoms with Crippen LogP contribution in [0.1, 0.15) is 11.1 Å². The number of rotatable bonds is 6. The number of hydrogen-bond acceptors (Lipinski definition) is 8. The Morgan fingerprint density at radius 2 is 1.22 bits per heavy atom. The quantitative estimate of drug-likeness (QED) is 0.163. The molecule has 0 aliphatic carbocycles. The van der Waals surface area contributed by atoms with E-state index < -0.39 is 33.8 Å². The minimum atomic E-state index is -3.36. The monoisotopic (exact) mass is 390 g/mol. The van der Waals surface area contributed by atoms with E-state index in [0.717, 1.165) is 24.3 Å². The Balaban J connectivity index is 0.00000338. The zero-order chi connectivity index (χ0) is 18.7. The Hall–Kier alpha value is -1.30. The fourth-order valence-corrected chi connectivity index (χ4v) is 2.07. The molecule has 0 aliphatic rings. The van der Waals surface area contributed by atoms with E-state index >= 15 is 0 Å². The second kappa shape index (κ2) is 10.3. The number of hydrogen-bond donors (Lipinski definition) is 2. The number of carbonyl (C=O) groups excluding carboxylic acids is 2. The first-order chi connectivity index (χ1) is 11.7. The first-order valence-corrected chi connectivity index (χ1v) is 6.91. The third kappa shape index (κ3) is 5.15. The third-order valence-electron chi connectivity index (χ3n) is 3.43. The van der Waals surface area contributed by atoms with E-state index in [1.165, 1.54) is 36.4 Å². The molecule has 27 heavy (non-hydrogen) atoms. The minimum absolute atomic E-state index is 0. The fraction of sp³-hybridized carbons (Fsp3) is 0.125. The van der Waals surface area contributed by atoms with Gasteiger partial charge in [0.05, 0.1) is 5.56 Å². The molecule has 0 aromatic heterocycles. The van der Waals surface area contributed by atoms with Crippen LogP contribution in [0.25, 0.3) is 0 Å². The van der Waals surface area contributed by atoms with Crippen molar-refractivity contribution >= 4 is 11.9 Å². The van der Waals surface area contributed by atoms with Crippen LogP contribution in [0.15, 0.2) is 65.8 Å². The van der Waals surface area contributed by atoms with Crippen LogP contribution in [-0.2, 0) is 21.0 Å². The first-order valence-electron chi connectivity index (χ1n) is 6.91. The smallest absolute Gasteiger partial charge is 0.597 e. The van der Waals surface area contributed by atoms with Crippen molar-refractivity contribution in [2.24, 2.45) is 5.11 Å². The predicted octanol–water partition coefficient (Wildman–Crippen LogP) is -7.85. The molecule has 11 heteroatoms. The van der Waals surface area contributed by atoms with Crippen LogP contribution < -0.4 is 69.3 Å². The number of nitrogens with zero attached hydrogens (tertiary/aromatic N) is 2. The molecule has 0 aliphatic heterocycles. The second-order valence-electron chi connectivity index (χ2n) is 5.02. The molecule has 0 radical (unpaired) electrons.